The first-order valence-electron chi connectivity index (χ1n) is 6.69. The molecule has 0 amide bonds. The van der Waals surface area contributed by atoms with Crippen molar-refractivity contribution in [1.29, 1.82) is 0 Å². The summed E-state index contributed by atoms with van der Waals surface area (Å²) in [5.74, 6) is 0. The molecule has 0 atom stereocenters. The van der Waals surface area contributed by atoms with Crippen molar-refractivity contribution in [3.63, 3.8) is 0 Å². The predicted octanol–water partition coefficient (Wildman–Crippen LogP) is 3.62. The normalized spacial score (nSPS) is 12.2. The maximum atomic E-state index is 12.6. The molecule has 3 rings (SSSR count). The van der Waals surface area contributed by atoms with Gasteiger partial charge in [0.2, 0.25) is 0 Å². The molecule has 102 valence electrons. The van der Waals surface area contributed by atoms with Crippen molar-refractivity contribution in [3.8, 4) is 0 Å². The SMILES string of the molecule is C[N+](C)(C)Cc1ccc2sc3ccccc3c(=O)c2c1. The van der Waals surface area contributed by atoms with Gasteiger partial charge >= 0.3 is 0 Å². The zero-order valence-corrected chi connectivity index (χ0v) is 12.8. The topological polar surface area (TPSA) is 17.1 Å². The van der Waals surface area contributed by atoms with Crippen molar-refractivity contribution in [2.24, 2.45) is 0 Å². The summed E-state index contributed by atoms with van der Waals surface area (Å²) < 4.78 is 2.99. The summed E-state index contributed by atoms with van der Waals surface area (Å²) in [6.45, 7) is 0.923. The van der Waals surface area contributed by atoms with E-state index in [4.69, 9.17) is 0 Å². The maximum absolute atomic E-state index is 12.6. The van der Waals surface area contributed by atoms with E-state index in [1.165, 1.54) is 5.56 Å². The van der Waals surface area contributed by atoms with Crippen molar-refractivity contribution in [2.45, 2.75) is 6.54 Å². The Morgan fingerprint density at radius 1 is 0.950 bits per heavy atom. The molecule has 2 aromatic carbocycles. The third-order valence-corrected chi connectivity index (χ3v) is 4.45. The minimum Gasteiger partial charge on any atom is -0.327 e. The van der Waals surface area contributed by atoms with Crippen LogP contribution >= 0.6 is 11.3 Å². The van der Waals surface area contributed by atoms with Gasteiger partial charge in [0.15, 0.2) is 5.43 Å². The highest BCUT2D eigenvalue weighted by Gasteiger charge is 2.11. The van der Waals surface area contributed by atoms with Crippen LogP contribution in [-0.4, -0.2) is 25.6 Å². The van der Waals surface area contributed by atoms with Crippen molar-refractivity contribution in [3.05, 3.63) is 58.3 Å². The molecule has 0 unspecified atom stereocenters. The highest BCUT2D eigenvalue weighted by molar-refractivity contribution is 7.24. The molecule has 0 spiro atoms. The quantitative estimate of drug-likeness (QED) is 0.519. The largest absolute Gasteiger partial charge is 0.327 e. The molecule has 0 saturated carbocycles. The van der Waals surface area contributed by atoms with Crippen molar-refractivity contribution in [2.75, 3.05) is 21.1 Å². The van der Waals surface area contributed by atoms with Crippen LogP contribution in [0, 0.1) is 0 Å². The molecule has 0 aliphatic rings. The standard InChI is InChI=1S/C17H18NOS/c1-18(2,3)11-12-8-9-16-14(10-12)17(19)13-6-4-5-7-15(13)20-16/h4-10H,11H2,1-3H3/q+1. The van der Waals surface area contributed by atoms with Gasteiger partial charge in [0.1, 0.15) is 6.54 Å². The lowest BCUT2D eigenvalue weighted by atomic mass is 10.1. The molecule has 0 aliphatic carbocycles. The first-order valence-corrected chi connectivity index (χ1v) is 7.51. The van der Waals surface area contributed by atoms with Gasteiger partial charge in [-0.25, -0.2) is 0 Å². The van der Waals surface area contributed by atoms with Crippen molar-refractivity contribution >= 4 is 31.5 Å². The van der Waals surface area contributed by atoms with E-state index in [0.717, 1.165) is 31.2 Å². The molecule has 0 bridgehead atoms. The molecule has 3 aromatic rings. The van der Waals surface area contributed by atoms with Crippen LogP contribution in [0.3, 0.4) is 0 Å². The fourth-order valence-electron chi connectivity index (χ4n) is 2.50. The fourth-order valence-corrected chi connectivity index (χ4v) is 3.55. The molecular formula is C17H18NOS+. The summed E-state index contributed by atoms with van der Waals surface area (Å²) in [7, 11) is 6.47. The summed E-state index contributed by atoms with van der Waals surface area (Å²) >= 11 is 1.69. The van der Waals surface area contributed by atoms with Crippen molar-refractivity contribution in [1.82, 2.24) is 0 Å². The van der Waals surface area contributed by atoms with Crippen LogP contribution in [0.25, 0.3) is 20.2 Å². The van der Waals surface area contributed by atoms with Gasteiger partial charge in [-0.2, -0.15) is 0 Å². The first-order chi connectivity index (χ1) is 9.44. The molecule has 2 nitrogen and oxygen atoms in total. The lowest BCUT2D eigenvalue weighted by Crippen LogP contribution is -2.33. The van der Waals surface area contributed by atoms with Crippen LogP contribution in [0.5, 0.6) is 0 Å². The molecule has 1 aromatic heterocycles. The average Bonchev–Trinajstić information content (AvgIpc) is 2.38. The molecule has 1 heterocycles. The second-order valence-electron chi connectivity index (χ2n) is 6.21. The Morgan fingerprint density at radius 3 is 2.40 bits per heavy atom. The van der Waals surface area contributed by atoms with Gasteiger partial charge in [-0.1, -0.05) is 18.2 Å². The molecule has 0 radical (unpaired) electrons. The molecule has 0 fully saturated rings. The van der Waals surface area contributed by atoms with Gasteiger partial charge < -0.3 is 4.48 Å². The minimum absolute atomic E-state index is 0.151. The fraction of sp³-hybridized carbons (Fsp3) is 0.235. The first kappa shape index (κ1) is 13.3. The average molecular weight is 284 g/mol. The minimum atomic E-state index is 0.151. The Morgan fingerprint density at radius 2 is 1.65 bits per heavy atom. The van der Waals surface area contributed by atoms with E-state index in [9.17, 15) is 4.79 Å². The molecule has 3 heteroatoms. The summed E-state index contributed by atoms with van der Waals surface area (Å²) in [5, 5.41) is 1.67. The Balaban J connectivity index is 2.26. The monoisotopic (exact) mass is 284 g/mol. The third kappa shape index (κ3) is 2.47. The van der Waals surface area contributed by atoms with E-state index in [1.54, 1.807) is 11.3 Å². The number of quaternary nitrogens is 1. The maximum Gasteiger partial charge on any atom is 0.195 e. The van der Waals surface area contributed by atoms with E-state index in [0.29, 0.717) is 0 Å². The Labute approximate surface area is 122 Å². The van der Waals surface area contributed by atoms with E-state index in [2.05, 4.69) is 39.3 Å². The Hall–Kier alpha value is -1.71. The second-order valence-corrected chi connectivity index (χ2v) is 7.29. The van der Waals surface area contributed by atoms with E-state index in [-0.39, 0.29) is 5.43 Å². The number of benzene rings is 2. The van der Waals surface area contributed by atoms with Crippen LogP contribution < -0.4 is 5.43 Å². The number of hydrogen-bond donors (Lipinski definition) is 0. The number of fused-ring (bicyclic) bond motifs is 2. The summed E-state index contributed by atoms with van der Waals surface area (Å²) in [4.78, 5) is 12.6. The Bertz CT molecular complexity index is 843. The van der Waals surface area contributed by atoms with Crippen LogP contribution in [0.4, 0.5) is 0 Å². The molecule has 0 aliphatic heterocycles. The van der Waals surface area contributed by atoms with Crippen molar-refractivity contribution < 1.29 is 4.48 Å². The molecule has 0 saturated heterocycles. The van der Waals surface area contributed by atoms with Gasteiger partial charge in [-0.3, -0.25) is 4.79 Å². The van der Waals surface area contributed by atoms with E-state index >= 15 is 0 Å². The third-order valence-electron chi connectivity index (χ3n) is 3.30. The molecule has 0 N–H and O–H groups in total. The smallest absolute Gasteiger partial charge is 0.195 e. The van der Waals surface area contributed by atoms with Crippen LogP contribution in [0.15, 0.2) is 47.3 Å². The summed E-state index contributed by atoms with van der Waals surface area (Å²) in [6.07, 6.45) is 0. The second kappa shape index (κ2) is 4.69. The summed E-state index contributed by atoms with van der Waals surface area (Å²) in [5.41, 5.74) is 1.36. The zero-order chi connectivity index (χ0) is 14.3. The molecule has 20 heavy (non-hydrogen) atoms. The van der Waals surface area contributed by atoms with E-state index < -0.39 is 0 Å². The van der Waals surface area contributed by atoms with Gasteiger partial charge in [0.25, 0.3) is 0 Å². The lowest BCUT2D eigenvalue weighted by molar-refractivity contribution is -0.883. The summed E-state index contributed by atoms with van der Waals surface area (Å²) in [6, 6.07) is 14.1. The zero-order valence-electron chi connectivity index (χ0n) is 12.0. The number of hydrogen-bond acceptors (Lipinski definition) is 2. The Kier molecular flexibility index (Phi) is 3.11. The number of nitrogens with zero attached hydrogens (tertiary/aromatic N) is 1. The molecular weight excluding hydrogens is 266 g/mol. The predicted molar refractivity (Wildman–Crippen MR) is 87.3 cm³/mol. The van der Waals surface area contributed by atoms with E-state index in [1.807, 2.05) is 24.3 Å². The lowest BCUT2D eigenvalue weighted by Gasteiger charge is -2.23. The highest BCUT2D eigenvalue weighted by atomic mass is 32.1. The van der Waals surface area contributed by atoms with Crippen LogP contribution in [0.1, 0.15) is 5.56 Å². The van der Waals surface area contributed by atoms with Gasteiger partial charge in [0.05, 0.1) is 21.1 Å². The van der Waals surface area contributed by atoms with Gasteiger partial charge in [-0.05, 0) is 24.3 Å². The van der Waals surface area contributed by atoms with Crippen LogP contribution in [-0.2, 0) is 6.54 Å². The van der Waals surface area contributed by atoms with Crippen LogP contribution in [0.2, 0.25) is 0 Å². The van der Waals surface area contributed by atoms with Gasteiger partial charge in [-0.15, -0.1) is 11.3 Å². The van der Waals surface area contributed by atoms with Gasteiger partial charge in [0, 0.05) is 25.7 Å². The number of rotatable bonds is 2. The highest BCUT2D eigenvalue weighted by Crippen LogP contribution is 2.25.